The first-order valence-corrected chi connectivity index (χ1v) is 8.98. The Morgan fingerprint density at radius 1 is 1.08 bits per heavy atom. The van der Waals surface area contributed by atoms with E-state index in [0.717, 1.165) is 32.1 Å². The van der Waals surface area contributed by atoms with Crippen LogP contribution in [0.15, 0.2) is 23.8 Å². The fourth-order valence-corrected chi connectivity index (χ4v) is 5.95. The summed E-state index contributed by atoms with van der Waals surface area (Å²) in [4.78, 5) is 24.8. The fraction of sp³-hybridized carbons (Fsp3) is 0.700. The standard InChI is InChI=1S/C20H26O4/c1-19(17(21)23-2)10-13-7-16(19)8-14(13)11-20(18(22)24-3)9-12-4-5-15(20)6-12/h4-5,8,12-13,15-16H,6-7,9-11H2,1-3H3. The molecule has 0 spiro atoms. The summed E-state index contributed by atoms with van der Waals surface area (Å²) in [5.41, 5.74) is 0.593. The molecule has 0 amide bonds. The molecule has 4 nitrogen and oxygen atoms in total. The monoisotopic (exact) mass is 330 g/mol. The maximum Gasteiger partial charge on any atom is 0.312 e. The van der Waals surface area contributed by atoms with Crippen LogP contribution in [-0.2, 0) is 19.1 Å². The van der Waals surface area contributed by atoms with Gasteiger partial charge in [0, 0.05) is 0 Å². The van der Waals surface area contributed by atoms with Gasteiger partial charge in [-0.15, -0.1) is 0 Å². The molecular formula is C20H26O4. The second-order valence-corrected chi connectivity index (χ2v) is 8.41. The third-order valence-corrected chi connectivity index (χ3v) is 7.24. The van der Waals surface area contributed by atoms with Crippen LogP contribution in [0.1, 0.15) is 39.0 Å². The molecule has 4 rings (SSSR count). The van der Waals surface area contributed by atoms with Crippen LogP contribution in [0.5, 0.6) is 0 Å². The van der Waals surface area contributed by atoms with Gasteiger partial charge in [-0.3, -0.25) is 9.59 Å². The zero-order valence-electron chi connectivity index (χ0n) is 14.7. The molecule has 0 heterocycles. The van der Waals surface area contributed by atoms with E-state index in [1.54, 1.807) is 0 Å². The maximum absolute atomic E-state index is 12.6. The molecule has 0 radical (unpaired) electrons. The second kappa shape index (κ2) is 5.21. The maximum atomic E-state index is 12.6. The van der Waals surface area contributed by atoms with E-state index < -0.39 is 5.41 Å². The molecule has 4 aliphatic rings. The lowest BCUT2D eigenvalue weighted by Gasteiger charge is -2.36. The summed E-state index contributed by atoms with van der Waals surface area (Å²) >= 11 is 0. The van der Waals surface area contributed by atoms with Crippen molar-refractivity contribution in [1.82, 2.24) is 0 Å². The van der Waals surface area contributed by atoms with Gasteiger partial charge in [0.1, 0.15) is 0 Å². The van der Waals surface area contributed by atoms with Crippen molar-refractivity contribution >= 4 is 11.9 Å². The number of carbonyl (C=O) groups is 2. The highest BCUT2D eigenvalue weighted by molar-refractivity contribution is 5.80. The van der Waals surface area contributed by atoms with Crippen molar-refractivity contribution in [3.63, 3.8) is 0 Å². The molecule has 2 fully saturated rings. The van der Waals surface area contributed by atoms with E-state index in [-0.39, 0.29) is 23.3 Å². The van der Waals surface area contributed by atoms with Crippen LogP contribution in [0.25, 0.3) is 0 Å². The van der Waals surface area contributed by atoms with Gasteiger partial charge in [-0.05, 0) is 62.7 Å². The molecule has 130 valence electrons. The van der Waals surface area contributed by atoms with Gasteiger partial charge in [0.2, 0.25) is 0 Å². The quantitative estimate of drug-likeness (QED) is 0.586. The fourth-order valence-electron chi connectivity index (χ4n) is 5.95. The molecule has 0 aromatic carbocycles. The third kappa shape index (κ3) is 1.98. The number of esters is 2. The number of ether oxygens (including phenoxy) is 2. The predicted octanol–water partition coefficient (Wildman–Crippen LogP) is 3.28. The lowest BCUT2D eigenvalue weighted by atomic mass is 9.68. The summed E-state index contributed by atoms with van der Waals surface area (Å²) in [6.07, 6.45) is 11.4. The average molecular weight is 330 g/mol. The Morgan fingerprint density at radius 3 is 2.33 bits per heavy atom. The largest absolute Gasteiger partial charge is 0.469 e. The van der Waals surface area contributed by atoms with Gasteiger partial charge in [-0.25, -0.2) is 0 Å². The second-order valence-electron chi connectivity index (χ2n) is 8.41. The summed E-state index contributed by atoms with van der Waals surface area (Å²) in [5.74, 6) is 1.32. The Kier molecular flexibility index (Phi) is 3.45. The lowest BCUT2D eigenvalue weighted by molar-refractivity contribution is -0.155. The molecule has 2 saturated carbocycles. The predicted molar refractivity (Wildman–Crippen MR) is 88.8 cm³/mol. The van der Waals surface area contributed by atoms with Crippen molar-refractivity contribution in [1.29, 1.82) is 0 Å². The van der Waals surface area contributed by atoms with Crippen LogP contribution < -0.4 is 0 Å². The van der Waals surface area contributed by atoms with Crippen LogP contribution in [0.2, 0.25) is 0 Å². The number of carbonyl (C=O) groups excluding carboxylic acids is 2. The number of rotatable bonds is 4. The molecule has 4 aliphatic carbocycles. The minimum Gasteiger partial charge on any atom is -0.469 e. The van der Waals surface area contributed by atoms with Gasteiger partial charge in [0.15, 0.2) is 0 Å². The molecule has 6 atom stereocenters. The SMILES string of the molecule is COC(=O)C1(C)CC2CC1C=C2CC1(C(=O)OC)CC2C=CC1C2. The van der Waals surface area contributed by atoms with Crippen molar-refractivity contribution < 1.29 is 19.1 Å². The number of fused-ring (bicyclic) bond motifs is 4. The Balaban J connectivity index is 1.59. The number of methoxy groups -OCH3 is 2. The minimum absolute atomic E-state index is 0.0567. The van der Waals surface area contributed by atoms with Gasteiger partial charge in [-0.1, -0.05) is 23.8 Å². The van der Waals surface area contributed by atoms with Crippen molar-refractivity contribution in [3.05, 3.63) is 23.8 Å². The molecule has 0 aromatic heterocycles. The normalized spacial score (nSPS) is 44.7. The highest BCUT2D eigenvalue weighted by Crippen LogP contribution is 2.61. The molecule has 4 heteroatoms. The Hall–Kier alpha value is -1.58. The minimum atomic E-state index is -0.393. The molecule has 4 bridgehead atoms. The van der Waals surface area contributed by atoms with Crippen molar-refractivity contribution in [2.75, 3.05) is 14.2 Å². The van der Waals surface area contributed by atoms with E-state index in [1.165, 1.54) is 19.8 Å². The van der Waals surface area contributed by atoms with Gasteiger partial charge < -0.3 is 9.47 Å². The molecule has 0 N–H and O–H groups in total. The van der Waals surface area contributed by atoms with Gasteiger partial charge in [-0.2, -0.15) is 0 Å². The van der Waals surface area contributed by atoms with Crippen LogP contribution in [0, 0.1) is 34.5 Å². The lowest BCUT2D eigenvalue weighted by Crippen LogP contribution is -2.38. The highest BCUT2D eigenvalue weighted by atomic mass is 16.5. The van der Waals surface area contributed by atoms with Gasteiger partial charge >= 0.3 is 11.9 Å². The van der Waals surface area contributed by atoms with Crippen LogP contribution in [-0.4, -0.2) is 26.2 Å². The van der Waals surface area contributed by atoms with E-state index in [1.807, 2.05) is 6.92 Å². The Bertz CT molecular complexity index is 648. The number of allylic oxidation sites excluding steroid dienone is 4. The third-order valence-electron chi connectivity index (χ3n) is 7.24. The zero-order valence-corrected chi connectivity index (χ0v) is 14.7. The van der Waals surface area contributed by atoms with Gasteiger partial charge in [0.25, 0.3) is 0 Å². The van der Waals surface area contributed by atoms with E-state index in [9.17, 15) is 9.59 Å². The van der Waals surface area contributed by atoms with Crippen molar-refractivity contribution in [2.24, 2.45) is 34.5 Å². The average Bonchev–Trinajstić information content (AvgIpc) is 3.33. The first kappa shape index (κ1) is 15.9. The van der Waals surface area contributed by atoms with E-state index >= 15 is 0 Å². The smallest absolute Gasteiger partial charge is 0.312 e. The van der Waals surface area contributed by atoms with Crippen LogP contribution in [0.4, 0.5) is 0 Å². The summed E-state index contributed by atoms with van der Waals surface area (Å²) in [6, 6.07) is 0. The van der Waals surface area contributed by atoms with Crippen LogP contribution in [0.3, 0.4) is 0 Å². The zero-order chi connectivity index (χ0) is 17.1. The number of hydrogen-bond donors (Lipinski definition) is 0. The van der Waals surface area contributed by atoms with E-state index in [0.29, 0.717) is 17.8 Å². The molecule has 0 saturated heterocycles. The van der Waals surface area contributed by atoms with Gasteiger partial charge in [0.05, 0.1) is 25.0 Å². The van der Waals surface area contributed by atoms with Crippen LogP contribution >= 0.6 is 0 Å². The topological polar surface area (TPSA) is 52.6 Å². The van der Waals surface area contributed by atoms with Crippen molar-refractivity contribution in [3.8, 4) is 0 Å². The first-order chi connectivity index (χ1) is 11.4. The Morgan fingerprint density at radius 2 is 1.83 bits per heavy atom. The molecule has 6 unspecified atom stereocenters. The molecule has 0 aromatic rings. The molecule has 24 heavy (non-hydrogen) atoms. The van der Waals surface area contributed by atoms with E-state index in [2.05, 4.69) is 18.2 Å². The van der Waals surface area contributed by atoms with E-state index in [4.69, 9.17) is 9.47 Å². The summed E-state index contributed by atoms with van der Waals surface area (Å²) in [5, 5.41) is 0. The van der Waals surface area contributed by atoms with Crippen molar-refractivity contribution in [2.45, 2.75) is 39.0 Å². The first-order valence-electron chi connectivity index (χ1n) is 8.98. The summed E-state index contributed by atoms with van der Waals surface area (Å²) in [6.45, 7) is 2.02. The molecular weight excluding hydrogens is 304 g/mol. The summed E-state index contributed by atoms with van der Waals surface area (Å²) in [7, 11) is 2.97. The molecule has 0 aliphatic heterocycles. The highest BCUT2D eigenvalue weighted by Gasteiger charge is 2.58. The number of hydrogen-bond acceptors (Lipinski definition) is 4. The summed E-state index contributed by atoms with van der Waals surface area (Å²) < 4.78 is 10.2. The Labute approximate surface area is 143 Å².